The Hall–Kier alpha value is -4.02. The van der Waals surface area contributed by atoms with Crippen LogP contribution in [-0.2, 0) is 7.05 Å². The van der Waals surface area contributed by atoms with Crippen molar-refractivity contribution in [3.63, 3.8) is 0 Å². The number of anilines is 1. The molecule has 37 heavy (non-hydrogen) atoms. The first kappa shape index (κ1) is 24.7. The number of benzene rings is 2. The van der Waals surface area contributed by atoms with Crippen molar-refractivity contribution in [1.29, 1.82) is 5.26 Å². The Morgan fingerprint density at radius 1 is 1.00 bits per heavy atom. The molecule has 3 atom stereocenters. The second kappa shape index (κ2) is 9.79. The molecule has 7 heteroatoms. The van der Waals surface area contributed by atoms with Crippen LogP contribution < -0.4 is 10.5 Å². The summed E-state index contributed by atoms with van der Waals surface area (Å²) < 4.78 is 15.4. The van der Waals surface area contributed by atoms with E-state index in [-0.39, 0.29) is 29.5 Å². The molecule has 1 fully saturated rings. The van der Waals surface area contributed by atoms with Gasteiger partial charge in [-0.05, 0) is 56.2 Å². The van der Waals surface area contributed by atoms with Crippen LogP contribution in [0.2, 0.25) is 0 Å². The number of piperazine rings is 1. The summed E-state index contributed by atoms with van der Waals surface area (Å²) in [6, 6.07) is 22.6. The summed E-state index contributed by atoms with van der Waals surface area (Å²) in [6.07, 6.45) is 0. The third-order valence-corrected chi connectivity index (χ3v) is 7.40. The highest BCUT2D eigenvalue weighted by Gasteiger charge is 2.36. The van der Waals surface area contributed by atoms with E-state index < -0.39 is 0 Å². The molecule has 0 amide bonds. The van der Waals surface area contributed by atoms with Gasteiger partial charge in [0.05, 0.1) is 17.2 Å². The van der Waals surface area contributed by atoms with E-state index in [4.69, 9.17) is 0 Å². The number of pyridine rings is 2. The van der Waals surface area contributed by atoms with E-state index in [0.717, 1.165) is 17.8 Å². The van der Waals surface area contributed by atoms with Crippen LogP contribution in [0.1, 0.15) is 42.3 Å². The van der Waals surface area contributed by atoms with Gasteiger partial charge in [0, 0.05) is 38.3 Å². The number of hydrogen-bond acceptors (Lipinski definition) is 5. The maximum Gasteiger partial charge on any atom is 0.252 e. The standard InChI is InChI=1S/C30H30FN5O/c1-19-6-5-7-23(14-19)30(22-8-10-24(31)11-9-22)36-18-20(2)35(17-21(36)3)27-15-28(37)34(4)26-13-12-25(16-32)33-29(26)27/h5-15,20-21,30H,17-18H2,1-4H3/t20-,21+,30?/m0/s1. The summed E-state index contributed by atoms with van der Waals surface area (Å²) in [6.45, 7) is 7.81. The van der Waals surface area contributed by atoms with Gasteiger partial charge in [-0.3, -0.25) is 9.69 Å². The molecule has 4 aromatic rings. The van der Waals surface area contributed by atoms with Crippen molar-refractivity contribution in [3.05, 3.63) is 105 Å². The normalized spacial score (nSPS) is 19.1. The highest BCUT2D eigenvalue weighted by Crippen LogP contribution is 2.36. The second-order valence-electron chi connectivity index (χ2n) is 10.0. The number of nitrogens with zero attached hydrogens (tertiary/aromatic N) is 5. The molecule has 1 unspecified atom stereocenters. The average Bonchev–Trinajstić information content (AvgIpc) is 2.89. The Labute approximate surface area is 216 Å². The first-order chi connectivity index (χ1) is 17.8. The van der Waals surface area contributed by atoms with Gasteiger partial charge in [0.1, 0.15) is 23.1 Å². The van der Waals surface area contributed by atoms with E-state index in [1.165, 1.54) is 23.3 Å². The lowest BCUT2D eigenvalue weighted by atomic mass is 9.92. The van der Waals surface area contributed by atoms with Crippen LogP contribution in [0, 0.1) is 24.1 Å². The zero-order chi connectivity index (χ0) is 26.3. The lowest BCUT2D eigenvalue weighted by molar-refractivity contribution is 0.130. The zero-order valence-corrected chi connectivity index (χ0v) is 21.5. The number of rotatable bonds is 4. The van der Waals surface area contributed by atoms with Crippen molar-refractivity contribution < 1.29 is 4.39 Å². The van der Waals surface area contributed by atoms with Gasteiger partial charge in [-0.2, -0.15) is 5.26 Å². The SMILES string of the molecule is Cc1cccc(C(c2ccc(F)cc2)N2C[C@H](C)N(c3cc(=O)n(C)c4ccc(C#N)nc34)C[C@H]2C)c1. The molecule has 0 aliphatic carbocycles. The molecular weight excluding hydrogens is 465 g/mol. The van der Waals surface area contributed by atoms with Gasteiger partial charge in [-0.25, -0.2) is 9.37 Å². The van der Waals surface area contributed by atoms with Crippen molar-refractivity contribution in [3.8, 4) is 6.07 Å². The van der Waals surface area contributed by atoms with E-state index in [0.29, 0.717) is 23.3 Å². The number of aryl methyl sites for hydroxylation is 2. The minimum atomic E-state index is -0.250. The predicted molar refractivity (Wildman–Crippen MR) is 144 cm³/mol. The number of aromatic nitrogens is 2. The van der Waals surface area contributed by atoms with Crippen molar-refractivity contribution in [2.24, 2.45) is 7.05 Å². The zero-order valence-electron chi connectivity index (χ0n) is 21.5. The Balaban J connectivity index is 1.56. The quantitative estimate of drug-likeness (QED) is 0.401. The van der Waals surface area contributed by atoms with E-state index in [9.17, 15) is 14.4 Å². The maximum absolute atomic E-state index is 13.8. The van der Waals surface area contributed by atoms with E-state index in [2.05, 4.69) is 65.9 Å². The Kier molecular flexibility index (Phi) is 6.53. The molecule has 2 aromatic carbocycles. The molecule has 188 valence electrons. The van der Waals surface area contributed by atoms with Gasteiger partial charge in [-0.15, -0.1) is 0 Å². The molecule has 0 bridgehead atoms. The fraction of sp³-hybridized carbons (Fsp3) is 0.300. The molecule has 3 heterocycles. The minimum absolute atomic E-state index is 0.0381. The largest absolute Gasteiger partial charge is 0.364 e. The molecule has 1 aliphatic heterocycles. The van der Waals surface area contributed by atoms with Crippen LogP contribution in [0.4, 0.5) is 10.1 Å². The molecule has 6 nitrogen and oxygen atoms in total. The highest BCUT2D eigenvalue weighted by atomic mass is 19.1. The number of hydrogen-bond donors (Lipinski definition) is 0. The molecule has 2 aromatic heterocycles. The third kappa shape index (κ3) is 4.61. The summed E-state index contributed by atoms with van der Waals surface area (Å²) in [5.74, 6) is -0.250. The van der Waals surface area contributed by atoms with Crippen molar-refractivity contribution >= 4 is 16.7 Å². The number of fused-ring (bicyclic) bond motifs is 1. The fourth-order valence-electron chi connectivity index (χ4n) is 5.50. The van der Waals surface area contributed by atoms with E-state index >= 15 is 0 Å². The molecule has 0 saturated carbocycles. The summed E-state index contributed by atoms with van der Waals surface area (Å²) in [7, 11) is 1.72. The molecule has 1 aliphatic rings. The van der Waals surface area contributed by atoms with Crippen LogP contribution in [0.15, 0.2) is 71.5 Å². The first-order valence-corrected chi connectivity index (χ1v) is 12.5. The molecule has 0 spiro atoms. The van der Waals surface area contributed by atoms with Crippen molar-refractivity contribution in [1.82, 2.24) is 14.5 Å². The lowest BCUT2D eigenvalue weighted by Crippen LogP contribution is -2.57. The molecule has 1 saturated heterocycles. The van der Waals surface area contributed by atoms with Crippen molar-refractivity contribution in [2.45, 2.75) is 38.9 Å². The van der Waals surface area contributed by atoms with Gasteiger partial charge >= 0.3 is 0 Å². The van der Waals surface area contributed by atoms with Gasteiger partial charge in [0.25, 0.3) is 5.56 Å². The Morgan fingerprint density at radius 2 is 1.76 bits per heavy atom. The van der Waals surface area contributed by atoms with Crippen LogP contribution in [0.25, 0.3) is 11.0 Å². The van der Waals surface area contributed by atoms with Crippen LogP contribution in [0.3, 0.4) is 0 Å². The maximum atomic E-state index is 13.8. The number of nitriles is 1. The van der Waals surface area contributed by atoms with Gasteiger partial charge in [-0.1, -0.05) is 42.0 Å². The van der Waals surface area contributed by atoms with Gasteiger partial charge in [0.15, 0.2) is 0 Å². The summed E-state index contributed by atoms with van der Waals surface area (Å²) >= 11 is 0. The minimum Gasteiger partial charge on any atom is -0.364 e. The van der Waals surface area contributed by atoms with E-state index in [1.54, 1.807) is 29.8 Å². The lowest BCUT2D eigenvalue weighted by Gasteiger charge is -2.48. The molecular formula is C30H30FN5O. The van der Waals surface area contributed by atoms with E-state index in [1.807, 2.05) is 12.1 Å². The summed E-state index contributed by atoms with van der Waals surface area (Å²) in [5.41, 5.74) is 5.70. The number of halogens is 1. The first-order valence-electron chi connectivity index (χ1n) is 12.5. The topological polar surface area (TPSA) is 65.2 Å². The fourth-order valence-corrected chi connectivity index (χ4v) is 5.50. The molecule has 0 radical (unpaired) electrons. The Bertz CT molecular complexity index is 1560. The monoisotopic (exact) mass is 495 g/mol. The smallest absolute Gasteiger partial charge is 0.252 e. The second-order valence-corrected chi connectivity index (χ2v) is 10.0. The Morgan fingerprint density at radius 3 is 2.46 bits per heavy atom. The van der Waals surface area contributed by atoms with Gasteiger partial charge in [0.2, 0.25) is 0 Å². The molecule has 5 rings (SSSR count). The van der Waals surface area contributed by atoms with Crippen LogP contribution in [-0.4, -0.2) is 39.6 Å². The highest BCUT2D eigenvalue weighted by molar-refractivity contribution is 5.89. The summed E-state index contributed by atoms with van der Waals surface area (Å²) in [5, 5.41) is 9.44. The van der Waals surface area contributed by atoms with Crippen molar-refractivity contribution in [2.75, 3.05) is 18.0 Å². The van der Waals surface area contributed by atoms with Crippen LogP contribution in [0.5, 0.6) is 0 Å². The predicted octanol–water partition coefficient (Wildman–Crippen LogP) is 4.94. The molecule has 0 N–H and O–H groups in total. The summed E-state index contributed by atoms with van der Waals surface area (Å²) in [4.78, 5) is 22.1. The average molecular weight is 496 g/mol. The van der Waals surface area contributed by atoms with Crippen LogP contribution >= 0.6 is 0 Å². The van der Waals surface area contributed by atoms with Gasteiger partial charge < -0.3 is 9.47 Å². The third-order valence-electron chi connectivity index (χ3n) is 7.40.